The van der Waals surface area contributed by atoms with Gasteiger partial charge < -0.3 is 0 Å². The number of aryl methyl sites for hydroxylation is 1. The van der Waals surface area contributed by atoms with Crippen molar-refractivity contribution in [3.63, 3.8) is 0 Å². The molecule has 2 rings (SSSR count). The topological polar surface area (TPSA) is 47.6 Å². The van der Waals surface area contributed by atoms with E-state index in [0.717, 1.165) is 17.2 Å². The van der Waals surface area contributed by atoms with Crippen molar-refractivity contribution in [3.8, 4) is 11.5 Å². The number of carbonyl (C=O) groups is 1. The Hall–Kier alpha value is -1.76. The predicted molar refractivity (Wildman–Crippen MR) is 82.9 cm³/mol. The van der Waals surface area contributed by atoms with Gasteiger partial charge >= 0.3 is 141 Å². The number of benzene rings is 2. The van der Waals surface area contributed by atoms with Crippen LogP contribution in [0, 0.1) is 10.5 Å². The second-order valence-electron chi connectivity index (χ2n) is 4.66. The Balaban J connectivity index is 1.95. The second-order valence-corrected chi connectivity index (χ2v) is 7.35. The fourth-order valence-corrected chi connectivity index (χ4v) is 4.13. The monoisotopic (exact) mass is 412 g/mol. The Labute approximate surface area is 141 Å². The Morgan fingerprint density at radius 3 is 2.55 bits per heavy atom. The van der Waals surface area contributed by atoms with Gasteiger partial charge in [-0.3, -0.25) is 0 Å². The molecule has 0 atom stereocenters. The molecule has 118 valence electrons. The van der Waals surface area contributed by atoms with Gasteiger partial charge in [-0.1, -0.05) is 0 Å². The maximum absolute atomic E-state index is 12.1. The van der Waals surface area contributed by atoms with Crippen molar-refractivity contribution in [1.82, 2.24) is 0 Å². The third kappa shape index (κ3) is 4.62. The van der Waals surface area contributed by atoms with E-state index < -0.39 is 21.2 Å². The Morgan fingerprint density at radius 2 is 1.82 bits per heavy atom. The van der Waals surface area contributed by atoms with Crippen LogP contribution in [0.3, 0.4) is 0 Å². The van der Waals surface area contributed by atoms with Crippen LogP contribution in [0.4, 0.5) is 5.69 Å². The van der Waals surface area contributed by atoms with Gasteiger partial charge in [0.15, 0.2) is 0 Å². The molecule has 0 bridgehead atoms. The van der Waals surface area contributed by atoms with Gasteiger partial charge in [-0.25, -0.2) is 0 Å². The number of methoxy groups -OCH3 is 2. The van der Waals surface area contributed by atoms with Gasteiger partial charge in [0.05, 0.1) is 0 Å². The zero-order valence-electron chi connectivity index (χ0n) is 12.9. The average Bonchev–Trinajstić information content (AvgIpc) is 2.54. The van der Waals surface area contributed by atoms with Crippen molar-refractivity contribution in [3.05, 3.63) is 51.6 Å². The number of anilines is 1. The molecule has 2 aromatic carbocycles. The number of ether oxygens (including phenoxy) is 2. The van der Waals surface area contributed by atoms with Gasteiger partial charge in [0.25, 0.3) is 0 Å². The zero-order chi connectivity index (χ0) is 15.9. The Morgan fingerprint density at radius 1 is 1.09 bits per heavy atom. The van der Waals surface area contributed by atoms with Gasteiger partial charge in [-0.05, 0) is 0 Å². The number of amides is 1. The van der Waals surface area contributed by atoms with Crippen LogP contribution in [0.1, 0.15) is 5.56 Å². The van der Waals surface area contributed by atoms with Crippen LogP contribution in [0.25, 0.3) is 0 Å². The van der Waals surface area contributed by atoms with Crippen molar-refractivity contribution in [2.75, 3.05) is 24.0 Å². The molecule has 5 heteroatoms. The van der Waals surface area contributed by atoms with Gasteiger partial charge in [0, 0.05) is 0 Å². The molecule has 0 heterocycles. The first-order valence-corrected chi connectivity index (χ1v) is 9.40. The number of alkyl halides is 1. The third-order valence-corrected chi connectivity index (χ3v) is 6.12. The number of carbonyl (C=O) groups excluding carboxylic acids is 1. The number of rotatable bonds is 6. The molecule has 1 amide bonds. The van der Waals surface area contributed by atoms with Gasteiger partial charge in [0.1, 0.15) is 0 Å². The number of nitrogens with one attached hydrogen (secondary N) is 1. The molecule has 0 saturated heterocycles. The minimum absolute atomic E-state index is 0.0308. The maximum atomic E-state index is 12.1. The molecule has 0 fully saturated rings. The van der Waals surface area contributed by atoms with Crippen molar-refractivity contribution >= 4 is 11.6 Å². The van der Waals surface area contributed by atoms with Crippen molar-refractivity contribution in [2.45, 2.75) is 6.92 Å². The summed E-state index contributed by atoms with van der Waals surface area (Å²) in [6.07, 6.45) is 0. The van der Waals surface area contributed by atoms with Crippen LogP contribution in [-0.2, 0) is 4.79 Å². The van der Waals surface area contributed by atoms with E-state index in [9.17, 15) is 4.79 Å². The summed E-state index contributed by atoms with van der Waals surface area (Å²) in [6.45, 7) is 2.06. The molecule has 0 aliphatic carbocycles. The Bertz CT molecular complexity index is 658. The van der Waals surface area contributed by atoms with E-state index in [1.165, 1.54) is 9.13 Å². The molecule has 0 radical (unpaired) electrons. The number of hydrogen-bond donors (Lipinski definition) is 1. The van der Waals surface area contributed by atoms with E-state index in [1.807, 2.05) is 42.5 Å². The summed E-state index contributed by atoms with van der Waals surface area (Å²) >= 11 is -0.391. The van der Waals surface area contributed by atoms with E-state index in [-0.39, 0.29) is 5.91 Å². The first-order valence-electron chi connectivity index (χ1n) is 6.80. The molecule has 4 nitrogen and oxygen atoms in total. The van der Waals surface area contributed by atoms with Gasteiger partial charge in [-0.2, -0.15) is 0 Å². The third-order valence-electron chi connectivity index (χ3n) is 3.06. The van der Waals surface area contributed by atoms with Crippen molar-refractivity contribution in [1.29, 1.82) is 0 Å². The molecule has 2 aromatic rings. The van der Waals surface area contributed by atoms with Gasteiger partial charge in [-0.15, -0.1) is 0 Å². The van der Waals surface area contributed by atoms with Gasteiger partial charge in [0.2, 0.25) is 0 Å². The van der Waals surface area contributed by atoms with Crippen molar-refractivity contribution in [2.24, 2.45) is 0 Å². The first kappa shape index (κ1) is 16.6. The van der Waals surface area contributed by atoms with Crippen LogP contribution in [-0.4, -0.2) is 24.6 Å². The predicted octanol–water partition coefficient (Wildman–Crippen LogP) is -0.0905. The summed E-state index contributed by atoms with van der Waals surface area (Å²) < 4.78 is 12.2. The summed E-state index contributed by atoms with van der Waals surface area (Å²) in [4.78, 5) is 12.1. The summed E-state index contributed by atoms with van der Waals surface area (Å²) in [5.74, 6) is 1.60. The van der Waals surface area contributed by atoms with E-state index in [0.29, 0.717) is 4.43 Å². The molecule has 0 saturated carbocycles. The quantitative estimate of drug-likeness (QED) is 0.533. The summed E-state index contributed by atoms with van der Waals surface area (Å²) in [5, 5.41) is 2.91. The first-order chi connectivity index (χ1) is 10.6. The van der Waals surface area contributed by atoms with Crippen LogP contribution >= 0.6 is 0 Å². The standard InChI is InChI=1S/C17H19INO3/c1-12-7-8-15(22-3)10-16(12)18-11-17(20)19-13-5-4-6-14(9-13)21-2/h4-10H,11H2,1-3H3,(H,19,20)/q-1. The zero-order valence-corrected chi connectivity index (χ0v) is 15.0. The molecular formula is C17H19INO3-. The molecule has 0 aliphatic rings. The molecule has 0 aromatic heterocycles. The van der Waals surface area contributed by atoms with E-state index in [2.05, 4.69) is 12.2 Å². The molecular weight excluding hydrogens is 393 g/mol. The summed E-state index contributed by atoms with van der Waals surface area (Å²) in [5.41, 5.74) is 1.97. The summed E-state index contributed by atoms with van der Waals surface area (Å²) in [6, 6.07) is 13.4. The van der Waals surface area contributed by atoms with Crippen LogP contribution in [0.5, 0.6) is 11.5 Å². The normalized spacial score (nSPS) is 10.3. The SMILES string of the molecule is COc1cccc(NC(=O)C[I-]c2cc(OC)ccc2C)c1. The van der Waals surface area contributed by atoms with E-state index in [4.69, 9.17) is 9.47 Å². The Kier molecular flexibility index (Phi) is 6.06. The van der Waals surface area contributed by atoms with E-state index >= 15 is 0 Å². The van der Waals surface area contributed by atoms with Crippen LogP contribution in [0.15, 0.2) is 42.5 Å². The second kappa shape index (κ2) is 8.03. The molecule has 0 unspecified atom stereocenters. The average molecular weight is 412 g/mol. The van der Waals surface area contributed by atoms with Crippen LogP contribution in [0.2, 0.25) is 0 Å². The fourth-order valence-electron chi connectivity index (χ4n) is 1.87. The molecule has 22 heavy (non-hydrogen) atoms. The summed E-state index contributed by atoms with van der Waals surface area (Å²) in [7, 11) is 3.26. The van der Waals surface area contributed by atoms with Crippen LogP contribution < -0.4 is 36.0 Å². The molecule has 0 spiro atoms. The number of hydrogen-bond acceptors (Lipinski definition) is 3. The number of halogens is 1. The fraction of sp³-hybridized carbons (Fsp3) is 0.235. The minimum atomic E-state index is -0.391. The van der Waals surface area contributed by atoms with Crippen molar-refractivity contribution < 1.29 is 35.5 Å². The molecule has 1 N–H and O–H groups in total. The molecule has 0 aliphatic heterocycles. The van der Waals surface area contributed by atoms with E-state index in [1.54, 1.807) is 14.2 Å².